The molecule has 0 bridgehead atoms. The average molecular weight is 559 g/mol. The van der Waals surface area contributed by atoms with E-state index in [1.807, 2.05) is 30.3 Å². The number of fused-ring (bicyclic) bond motifs is 4. The molecule has 0 aliphatic carbocycles. The van der Waals surface area contributed by atoms with Crippen LogP contribution in [-0.4, -0.2) is 62.6 Å². The molecule has 1 aromatic heterocycles. The first-order chi connectivity index (χ1) is 19.3. The van der Waals surface area contributed by atoms with Crippen LogP contribution in [0, 0.1) is 0 Å². The number of carbonyl (C=O) groups excluding carboxylic acids is 3. The lowest BCUT2D eigenvalue weighted by molar-refractivity contribution is -0.140. The van der Waals surface area contributed by atoms with Crippen molar-refractivity contribution in [1.82, 2.24) is 15.2 Å². The van der Waals surface area contributed by atoms with Crippen LogP contribution in [0.5, 0.6) is 0 Å². The minimum Gasteiger partial charge on any atom is -0.480 e. The van der Waals surface area contributed by atoms with Crippen LogP contribution >= 0.6 is 11.6 Å². The number of carbonyl (C=O) groups is 4. The second kappa shape index (κ2) is 9.82. The maximum Gasteiger partial charge on any atom is 0.332 e. The zero-order valence-electron chi connectivity index (χ0n) is 20.9. The Morgan fingerprint density at radius 1 is 1.05 bits per heavy atom. The Balaban J connectivity index is 1.46. The molecular formula is C29H23ClN4O6. The van der Waals surface area contributed by atoms with Crippen molar-refractivity contribution in [3.63, 3.8) is 0 Å². The number of aromatic amines is 1. The third kappa shape index (κ3) is 4.00. The number of aliphatic carboxylic acids is 1. The lowest BCUT2D eigenvalue weighted by Crippen LogP contribution is -2.44. The number of imide groups is 1. The number of rotatable bonds is 6. The number of carboxylic acids is 1. The molecule has 0 saturated carbocycles. The van der Waals surface area contributed by atoms with Crippen molar-refractivity contribution in [2.75, 3.05) is 11.5 Å². The van der Waals surface area contributed by atoms with Gasteiger partial charge in [-0.3, -0.25) is 14.5 Å². The van der Waals surface area contributed by atoms with Crippen LogP contribution in [0.3, 0.4) is 0 Å². The maximum absolute atomic E-state index is 14.1. The number of nitrogens with one attached hydrogen (secondary N) is 2. The molecule has 1 unspecified atom stereocenters. The minimum absolute atomic E-state index is 0.0184. The van der Waals surface area contributed by atoms with Gasteiger partial charge in [0.15, 0.2) is 6.04 Å². The largest absolute Gasteiger partial charge is 0.480 e. The molecule has 3 aromatic carbocycles. The van der Waals surface area contributed by atoms with Crippen molar-refractivity contribution < 1.29 is 29.4 Å². The van der Waals surface area contributed by atoms with E-state index >= 15 is 0 Å². The third-order valence-corrected chi connectivity index (χ3v) is 7.62. The van der Waals surface area contributed by atoms with E-state index < -0.39 is 48.5 Å². The summed E-state index contributed by atoms with van der Waals surface area (Å²) in [7, 11) is 0. The second-order valence-electron chi connectivity index (χ2n) is 9.67. The molecule has 40 heavy (non-hydrogen) atoms. The highest BCUT2D eigenvalue weighted by Crippen LogP contribution is 2.45. The molecule has 2 aliphatic rings. The van der Waals surface area contributed by atoms with Crippen molar-refractivity contribution in [2.45, 2.75) is 24.5 Å². The molecule has 3 atom stereocenters. The summed E-state index contributed by atoms with van der Waals surface area (Å²) in [6.07, 6.45) is 0.261. The Morgan fingerprint density at radius 2 is 1.80 bits per heavy atom. The number of aliphatic hydroxyl groups is 1. The van der Waals surface area contributed by atoms with Gasteiger partial charge in [0, 0.05) is 28.0 Å². The van der Waals surface area contributed by atoms with Gasteiger partial charge in [0.05, 0.1) is 17.9 Å². The zero-order chi connectivity index (χ0) is 28.1. The average Bonchev–Trinajstić information content (AvgIpc) is 3.44. The van der Waals surface area contributed by atoms with Crippen LogP contribution in [0.4, 0.5) is 10.5 Å². The molecule has 10 nitrogen and oxygen atoms in total. The monoisotopic (exact) mass is 558 g/mol. The molecule has 2 aliphatic heterocycles. The van der Waals surface area contributed by atoms with E-state index in [0.717, 1.165) is 27.1 Å². The molecule has 4 aromatic rings. The number of halogens is 1. The summed E-state index contributed by atoms with van der Waals surface area (Å²) in [5.41, 5.74) is 3.24. The Morgan fingerprint density at radius 3 is 2.55 bits per heavy atom. The summed E-state index contributed by atoms with van der Waals surface area (Å²) in [6, 6.07) is 17.1. The van der Waals surface area contributed by atoms with Crippen LogP contribution in [-0.2, 0) is 16.0 Å². The van der Waals surface area contributed by atoms with Gasteiger partial charge in [-0.05, 0) is 41.5 Å². The summed E-state index contributed by atoms with van der Waals surface area (Å²) in [5.74, 6) is -2.77. The first-order valence-electron chi connectivity index (χ1n) is 12.5. The van der Waals surface area contributed by atoms with Crippen molar-refractivity contribution >= 4 is 52.0 Å². The number of carboxylic acid groups (broad SMARTS) is 1. The van der Waals surface area contributed by atoms with Gasteiger partial charge in [0.1, 0.15) is 12.1 Å². The van der Waals surface area contributed by atoms with Crippen LogP contribution in [0.15, 0.2) is 72.8 Å². The van der Waals surface area contributed by atoms with E-state index in [-0.39, 0.29) is 17.7 Å². The number of anilines is 1. The number of hydrogen-bond acceptors (Lipinski definition) is 5. The molecule has 11 heteroatoms. The van der Waals surface area contributed by atoms with Gasteiger partial charge in [-0.25, -0.2) is 14.5 Å². The lowest BCUT2D eigenvalue weighted by Gasteiger charge is -2.36. The lowest BCUT2D eigenvalue weighted by atomic mass is 9.89. The smallest absolute Gasteiger partial charge is 0.332 e. The minimum atomic E-state index is -1.55. The first kappa shape index (κ1) is 25.6. The van der Waals surface area contributed by atoms with Gasteiger partial charge in [-0.2, -0.15) is 0 Å². The Bertz CT molecular complexity index is 1700. The maximum atomic E-state index is 14.1. The normalized spacial score (nSPS) is 18.9. The van der Waals surface area contributed by atoms with Crippen molar-refractivity contribution in [3.05, 3.63) is 100 Å². The van der Waals surface area contributed by atoms with Crippen LogP contribution < -0.4 is 10.2 Å². The molecular weight excluding hydrogens is 536 g/mol. The standard InChI is InChI=1S/C29H23ClN4O6/c30-16-7-5-6-15(12-16)25-24-19(17-8-1-3-10-20(17)31-24)13-23-27(37)34(29(40)33(23)25)22-11-4-2-9-18(22)26(36)32-21(14-35)28(38)39/h1-12,21,23,25,31,35H,13-14H2,(H,32,36)(H,38,39)/t21-,23-,25?/m0/s1. The summed E-state index contributed by atoms with van der Waals surface area (Å²) >= 11 is 6.34. The number of aliphatic hydroxyl groups excluding tert-OH is 1. The molecule has 3 heterocycles. The summed E-state index contributed by atoms with van der Waals surface area (Å²) in [5, 5.41) is 22.3. The number of hydrogen-bond donors (Lipinski definition) is 4. The number of benzene rings is 3. The Kier molecular flexibility index (Phi) is 6.28. The number of urea groups is 1. The molecule has 6 rings (SSSR count). The SMILES string of the molecule is O=C(N[C@@H](CO)C(=O)O)c1ccccc1N1C(=O)[C@@H]2Cc3c([nH]c4ccccc34)C(c3cccc(Cl)c3)N2C1=O. The highest BCUT2D eigenvalue weighted by Gasteiger charge is 2.53. The van der Waals surface area contributed by atoms with E-state index in [1.165, 1.54) is 23.1 Å². The predicted octanol–water partition coefficient (Wildman–Crippen LogP) is 3.48. The summed E-state index contributed by atoms with van der Waals surface area (Å²) < 4.78 is 0. The van der Waals surface area contributed by atoms with E-state index in [2.05, 4.69) is 10.3 Å². The van der Waals surface area contributed by atoms with E-state index in [1.54, 1.807) is 24.3 Å². The molecule has 1 saturated heterocycles. The van der Waals surface area contributed by atoms with Gasteiger partial charge >= 0.3 is 12.0 Å². The van der Waals surface area contributed by atoms with Crippen molar-refractivity contribution in [3.8, 4) is 0 Å². The van der Waals surface area contributed by atoms with Crippen molar-refractivity contribution in [1.29, 1.82) is 0 Å². The van der Waals surface area contributed by atoms with Crippen molar-refractivity contribution in [2.24, 2.45) is 0 Å². The van der Waals surface area contributed by atoms with Gasteiger partial charge < -0.3 is 20.5 Å². The van der Waals surface area contributed by atoms with Gasteiger partial charge in [-0.1, -0.05) is 54.1 Å². The van der Waals surface area contributed by atoms with E-state index in [0.29, 0.717) is 10.6 Å². The number of amides is 4. The molecule has 0 radical (unpaired) electrons. The van der Waals surface area contributed by atoms with Crippen LogP contribution in [0.25, 0.3) is 10.9 Å². The fraction of sp³-hybridized carbons (Fsp3) is 0.172. The molecule has 0 spiro atoms. The Hall–Kier alpha value is -4.67. The number of nitrogens with zero attached hydrogens (tertiary/aromatic N) is 2. The second-order valence-corrected chi connectivity index (χ2v) is 10.1. The topological polar surface area (TPSA) is 143 Å². The quantitative estimate of drug-likeness (QED) is 0.267. The number of H-pyrrole nitrogens is 1. The molecule has 1 fully saturated rings. The van der Waals surface area contributed by atoms with E-state index in [9.17, 15) is 29.4 Å². The first-order valence-corrected chi connectivity index (χ1v) is 12.9. The molecule has 4 N–H and O–H groups in total. The van der Waals surface area contributed by atoms with Crippen LogP contribution in [0.2, 0.25) is 5.02 Å². The number of aromatic nitrogens is 1. The van der Waals surface area contributed by atoms with Gasteiger partial charge in [0.25, 0.3) is 11.8 Å². The third-order valence-electron chi connectivity index (χ3n) is 7.39. The predicted molar refractivity (Wildman–Crippen MR) is 146 cm³/mol. The van der Waals surface area contributed by atoms with E-state index in [4.69, 9.17) is 11.6 Å². The number of para-hydroxylation sites is 2. The molecule has 202 valence electrons. The molecule has 4 amide bonds. The Labute approximate surface area is 232 Å². The van der Waals surface area contributed by atoms with Gasteiger partial charge in [0.2, 0.25) is 0 Å². The highest BCUT2D eigenvalue weighted by molar-refractivity contribution is 6.30. The highest BCUT2D eigenvalue weighted by atomic mass is 35.5. The fourth-order valence-corrected chi connectivity index (χ4v) is 5.80. The van der Waals surface area contributed by atoms with Gasteiger partial charge in [-0.15, -0.1) is 0 Å². The summed E-state index contributed by atoms with van der Waals surface area (Å²) in [6.45, 7) is -0.826. The van der Waals surface area contributed by atoms with Crippen LogP contribution in [0.1, 0.15) is 33.2 Å². The summed E-state index contributed by atoms with van der Waals surface area (Å²) in [4.78, 5) is 58.5. The zero-order valence-corrected chi connectivity index (χ0v) is 21.6. The fourth-order valence-electron chi connectivity index (χ4n) is 5.60.